The summed E-state index contributed by atoms with van der Waals surface area (Å²) in [7, 11) is 0. The maximum Gasteiger partial charge on any atom is 0.296 e. The van der Waals surface area contributed by atoms with Gasteiger partial charge in [0.05, 0.1) is 26.4 Å². The van der Waals surface area contributed by atoms with Gasteiger partial charge in [0.1, 0.15) is 11.6 Å². The first-order chi connectivity index (χ1) is 13.4. The highest BCUT2D eigenvalue weighted by Gasteiger charge is 2.45. The second kappa shape index (κ2) is 6.99. The van der Waals surface area contributed by atoms with Gasteiger partial charge in [-0.25, -0.2) is 9.37 Å². The van der Waals surface area contributed by atoms with Crippen LogP contribution in [-0.2, 0) is 28.2 Å². The molecule has 2 N–H and O–H groups in total. The number of rotatable bonds is 3. The van der Waals surface area contributed by atoms with Crippen LogP contribution < -0.4 is 10.9 Å². The molecule has 1 aromatic heterocycles. The van der Waals surface area contributed by atoms with E-state index in [0.717, 1.165) is 0 Å². The lowest BCUT2D eigenvalue weighted by atomic mass is 10.00. The lowest BCUT2D eigenvalue weighted by Gasteiger charge is -2.34. The molecule has 0 saturated carbocycles. The van der Waals surface area contributed by atoms with E-state index in [-0.39, 0.29) is 31.2 Å². The van der Waals surface area contributed by atoms with Crippen LogP contribution >= 0.6 is 0 Å². The van der Waals surface area contributed by atoms with Crippen molar-refractivity contribution in [3.8, 4) is 5.75 Å². The molecule has 0 bridgehead atoms. The highest BCUT2D eigenvalue weighted by Crippen LogP contribution is 2.35. The Morgan fingerprint density at radius 1 is 1.43 bits per heavy atom. The van der Waals surface area contributed by atoms with Crippen LogP contribution in [0.5, 0.6) is 5.75 Å². The van der Waals surface area contributed by atoms with Crippen molar-refractivity contribution in [3.63, 3.8) is 0 Å². The molecule has 3 heterocycles. The zero-order chi connectivity index (χ0) is 19.9. The van der Waals surface area contributed by atoms with Crippen LogP contribution in [0.15, 0.2) is 23.0 Å². The van der Waals surface area contributed by atoms with Crippen LogP contribution in [0.25, 0.3) is 0 Å². The van der Waals surface area contributed by atoms with E-state index in [9.17, 15) is 19.1 Å². The van der Waals surface area contributed by atoms with Gasteiger partial charge in [0.2, 0.25) is 5.75 Å². The van der Waals surface area contributed by atoms with Crippen molar-refractivity contribution in [2.75, 3.05) is 19.8 Å². The molecule has 2 aromatic rings. The van der Waals surface area contributed by atoms with E-state index in [1.165, 1.54) is 10.6 Å². The van der Waals surface area contributed by atoms with Crippen LogP contribution in [0, 0.1) is 12.7 Å². The highest BCUT2D eigenvalue weighted by atomic mass is 19.1. The molecule has 28 heavy (non-hydrogen) atoms. The number of halogens is 1. The average Bonchev–Trinajstić information content (AvgIpc) is 3.15. The lowest BCUT2D eigenvalue weighted by Crippen LogP contribution is -2.45. The van der Waals surface area contributed by atoms with Gasteiger partial charge >= 0.3 is 0 Å². The third kappa shape index (κ3) is 3.06. The van der Waals surface area contributed by atoms with Gasteiger partial charge in [-0.3, -0.25) is 14.2 Å². The second-order valence-corrected chi connectivity index (χ2v) is 7.00. The minimum atomic E-state index is -0.881. The van der Waals surface area contributed by atoms with E-state index < -0.39 is 22.8 Å². The SMILES string of the molecule is Cc1cc(CNC(=O)c2nc3n(c(=O)c2O)CCOC32CCOC2)ccc1F. The summed E-state index contributed by atoms with van der Waals surface area (Å²) in [6.45, 7) is 2.97. The van der Waals surface area contributed by atoms with E-state index in [1.807, 2.05) is 0 Å². The predicted octanol–water partition coefficient (Wildman–Crippen LogP) is 0.972. The lowest BCUT2D eigenvalue weighted by molar-refractivity contribution is -0.0852. The van der Waals surface area contributed by atoms with E-state index in [1.54, 1.807) is 19.1 Å². The number of nitrogens with one attached hydrogen (secondary N) is 1. The van der Waals surface area contributed by atoms with Gasteiger partial charge < -0.3 is 19.9 Å². The molecule has 1 amide bonds. The zero-order valence-electron chi connectivity index (χ0n) is 15.3. The second-order valence-electron chi connectivity index (χ2n) is 7.00. The third-order valence-corrected chi connectivity index (χ3v) is 5.12. The number of carbonyl (C=O) groups is 1. The smallest absolute Gasteiger partial charge is 0.296 e. The third-order valence-electron chi connectivity index (χ3n) is 5.12. The molecule has 4 rings (SSSR count). The Kier molecular flexibility index (Phi) is 4.64. The fourth-order valence-electron chi connectivity index (χ4n) is 3.57. The van der Waals surface area contributed by atoms with Gasteiger partial charge in [0.15, 0.2) is 11.3 Å². The Balaban J connectivity index is 1.64. The molecule has 1 aromatic carbocycles. The van der Waals surface area contributed by atoms with E-state index in [2.05, 4.69) is 10.3 Å². The van der Waals surface area contributed by atoms with Gasteiger partial charge in [0.25, 0.3) is 11.5 Å². The van der Waals surface area contributed by atoms with Gasteiger partial charge in [0, 0.05) is 13.0 Å². The Bertz CT molecular complexity index is 998. The molecular formula is C19H20FN3O5. The van der Waals surface area contributed by atoms with E-state index in [4.69, 9.17) is 9.47 Å². The number of aromatic nitrogens is 2. The largest absolute Gasteiger partial charge is 0.501 e. The number of carbonyl (C=O) groups excluding carboxylic acids is 1. The van der Waals surface area contributed by atoms with Crippen molar-refractivity contribution >= 4 is 5.91 Å². The first kappa shape index (κ1) is 18.6. The molecule has 9 heteroatoms. The molecule has 1 unspecified atom stereocenters. The minimum absolute atomic E-state index is 0.101. The highest BCUT2D eigenvalue weighted by molar-refractivity contribution is 5.94. The monoisotopic (exact) mass is 389 g/mol. The summed E-state index contributed by atoms with van der Waals surface area (Å²) >= 11 is 0. The number of benzene rings is 1. The van der Waals surface area contributed by atoms with Crippen LogP contribution in [0.3, 0.4) is 0 Å². The molecular weight excluding hydrogens is 369 g/mol. The standard InChI is InChI=1S/C19H20FN3O5/c1-11-8-12(2-3-13(11)20)9-21-16(25)14-15(24)17(26)23-5-7-28-19(18(23)22-14)4-6-27-10-19/h2-3,8,24H,4-7,9-10H2,1H3,(H,21,25). The fraction of sp³-hybridized carbons (Fsp3) is 0.421. The number of ether oxygens (including phenoxy) is 2. The molecule has 8 nitrogen and oxygen atoms in total. The number of fused-ring (bicyclic) bond motifs is 2. The van der Waals surface area contributed by atoms with Crippen LogP contribution in [0.1, 0.15) is 33.9 Å². The summed E-state index contributed by atoms with van der Waals surface area (Å²) in [6.07, 6.45) is 0.514. The van der Waals surface area contributed by atoms with Gasteiger partial charge in [-0.15, -0.1) is 0 Å². The summed E-state index contributed by atoms with van der Waals surface area (Å²) in [5, 5.41) is 12.9. The molecule has 1 fully saturated rings. The number of amides is 1. The summed E-state index contributed by atoms with van der Waals surface area (Å²) in [5.74, 6) is -1.44. The zero-order valence-corrected chi connectivity index (χ0v) is 15.3. The minimum Gasteiger partial charge on any atom is -0.501 e. The van der Waals surface area contributed by atoms with Crippen molar-refractivity contribution in [2.24, 2.45) is 0 Å². The van der Waals surface area contributed by atoms with Crippen LogP contribution in [0.4, 0.5) is 4.39 Å². The normalized spacial score (nSPS) is 20.9. The van der Waals surface area contributed by atoms with Crippen molar-refractivity contribution < 1.29 is 23.8 Å². The maximum atomic E-state index is 13.4. The summed E-state index contributed by atoms with van der Waals surface area (Å²) < 4.78 is 26.0. The molecule has 1 saturated heterocycles. The molecule has 148 valence electrons. The Hall–Kier alpha value is -2.78. The molecule has 0 radical (unpaired) electrons. The number of aromatic hydroxyl groups is 1. The fourth-order valence-corrected chi connectivity index (χ4v) is 3.57. The van der Waals surface area contributed by atoms with E-state index >= 15 is 0 Å². The average molecular weight is 389 g/mol. The quantitative estimate of drug-likeness (QED) is 0.811. The Morgan fingerprint density at radius 2 is 2.25 bits per heavy atom. The van der Waals surface area contributed by atoms with Gasteiger partial charge in [-0.05, 0) is 24.1 Å². The van der Waals surface area contributed by atoms with Crippen molar-refractivity contribution in [1.82, 2.24) is 14.9 Å². The number of nitrogens with zero attached hydrogens (tertiary/aromatic N) is 2. The van der Waals surface area contributed by atoms with Crippen molar-refractivity contribution in [2.45, 2.75) is 32.0 Å². The van der Waals surface area contributed by atoms with Gasteiger partial charge in [-0.1, -0.05) is 12.1 Å². The molecule has 2 aliphatic heterocycles. The van der Waals surface area contributed by atoms with Crippen LogP contribution in [0.2, 0.25) is 0 Å². The number of aryl methyl sites for hydroxylation is 1. The molecule has 1 spiro atoms. The number of hydrogen-bond donors (Lipinski definition) is 2. The van der Waals surface area contributed by atoms with Crippen molar-refractivity contribution in [3.05, 3.63) is 57.0 Å². The maximum absolute atomic E-state index is 13.4. The first-order valence-corrected chi connectivity index (χ1v) is 9.00. The molecule has 0 aliphatic carbocycles. The van der Waals surface area contributed by atoms with Crippen molar-refractivity contribution in [1.29, 1.82) is 0 Å². The first-order valence-electron chi connectivity index (χ1n) is 9.00. The van der Waals surface area contributed by atoms with Crippen LogP contribution in [-0.4, -0.2) is 40.4 Å². The molecule has 1 atom stereocenters. The van der Waals surface area contributed by atoms with Gasteiger partial charge in [-0.2, -0.15) is 0 Å². The molecule has 2 aliphatic rings. The summed E-state index contributed by atoms with van der Waals surface area (Å²) in [5.41, 5.74) is -0.770. The number of hydrogen-bond acceptors (Lipinski definition) is 6. The van der Waals surface area contributed by atoms with E-state index in [0.29, 0.717) is 36.6 Å². The predicted molar refractivity (Wildman–Crippen MR) is 95.5 cm³/mol. The Labute approximate surface area is 159 Å². The Morgan fingerprint density at radius 3 is 2.96 bits per heavy atom. The topological polar surface area (TPSA) is 103 Å². The summed E-state index contributed by atoms with van der Waals surface area (Å²) in [6, 6.07) is 4.48. The summed E-state index contributed by atoms with van der Waals surface area (Å²) in [4.78, 5) is 29.5.